The first-order valence-corrected chi connectivity index (χ1v) is 10.3. The van der Waals surface area contributed by atoms with Gasteiger partial charge in [0.1, 0.15) is 10.6 Å². The van der Waals surface area contributed by atoms with Crippen molar-refractivity contribution < 1.29 is 13.2 Å². The number of rotatable bonds is 9. The van der Waals surface area contributed by atoms with Crippen molar-refractivity contribution >= 4 is 21.4 Å². The van der Waals surface area contributed by atoms with E-state index >= 15 is 0 Å². The van der Waals surface area contributed by atoms with E-state index in [-0.39, 0.29) is 16.5 Å². The lowest BCUT2D eigenvalue weighted by atomic mass is 10.1. The van der Waals surface area contributed by atoms with Crippen LogP contribution in [-0.2, 0) is 9.84 Å². The first kappa shape index (κ1) is 20.4. The van der Waals surface area contributed by atoms with Gasteiger partial charge < -0.3 is 15.8 Å². The van der Waals surface area contributed by atoms with Crippen LogP contribution in [0.4, 0.5) is 5.69 Å². The molecule has 9 heteroatoms. The summed E-state index contributed by atoms with van der Waals surface area (Å²) < 4.78 is 30.7. The number of ether oxygens (including phenoxy) is 1. The molecule has 2 rings (SSSR count). The number of nitrogens with zero attached hydrogens (tertiary/aromatic N) is 2. The number of anilines is 1. The summed E-state index contributed by atoms with van der Waals surface area (Å²) in [6.45, 7) is 2.69. The summed E-state index contributed by atoms with van der Waals surface area (Å²) in [4.78, 5) is -0.0222. The molecule has 0 bridgehead atoms. The molecule has 0 spiro atoms. The Morgan fingerprint density at radius 3 is 2.56 bits per heavy atom. The van der Waals surface area contributed by atoms with Gasteiger partial charge in [0.2, 0.25) is 0 Å². The van der Waals surface area contributed by atoms with Crippen molar-refractivity contribution in [2.45, 2.75) is 24.7 Å². The van der Waals surface area contributed by atoms with Gasteiger partial charge in [0.05, 0.1) is 5.69 Å². The van der Waals surface area contributed by atoms with E-state index in [1.54, 1.807) is 30.3 Å². The Kier molecular flexibility index (Phi) is 6.89. The van der Waals surface area contributed by atoms with Crippen LogP contribution in [0.15, 0.2) is 57.7 Å². The van der Waals surface area contributed by atoms with Crippen LogP contribution in [0.2, 0.25) is 0 Å². The predicted octanol–water partition coefficient (Wildman–Crippen LogP) is 3.75. The topological polar surface area (TPSA) is 130 Å². The Bertz CT molecular complexity index is 928. The zero-order valence-electron chi connectivity index (χ0n) is 15.3. The molecule has 2 aromatic rings. The zero-order chi connectivity index (χ0) is 19.9. The predicted molar refractivity (Wildman–Crippen MR) is 105 cm³/mol. The smallest absolute Gasteiger partial charge is 0.179 e. The Morgan fingerprint density at radius 1 is 1.26 bits per heavy atom. The van der Waals surface area contributed by atoms with Crippen molar-refractivity contribution in [1.82, 2.24) is 0 Å². The second-order valence-electron chi connectivity index (χ2n) is 5.90. The van der Waals surface area contributed by atoms with E-state index < -0.39 is 9.84 Å². The minimum atomic E-state index is -3.63. The van der Waals surface area contributed by atoms with Crippen LogP contribution < -0.4 is 15.8 Å². The lowest BCUT2D eigenvalue weighted by molar-refractivity contribution is 0.469. The van der Waals surface area contributed by atoms with Crippen molar-refractivity contribution in [3.63, 3.8) is 0 Å². The first-order chi connectivity index (χ1) is 12.9. The Morgan fingerprint density at radius 2 is 1.96 bits per heavy atom. The highest BCUT2D eigenvalue weighted by atomic mass is 32.2. The van der Waals surface area contributed by atoms with E-state index in [1.165, 1.54) is 6.07 Å². The number of nitrogens with two attached hydrogens (primary N) is 1. The fraction of sp³-hybridized carbons (Fsp3) is 0.278. The SMILES string of the molecule is CCCCNc1cc(C(N)=NN=N)cc(S(C)(=O)=O)c1Oc1ccccc1. The highest BCUT2D eigenvalue weighted by molar-refractivity contribution is 7.90. The highest BCUT2D eigenvalue weighted by Gasteiger charge is 2.22. The van der Waals surface area contributed by atoms with Crippen molar-refractivity contribution in [3.05, 3.63) is 48.0 Å². The summed E-state index contributed by atoms with van der Waals surface area (Å²) in [5, 5.41) is 9.61. The molecule has 0 saturated carbocycles. The maximum atomic E-state index is 12.4. The highest BCUT2D eigenvalue weighted by Crippen LogP contribution is 2.37. The maximum absolute atomic E-state index is 12.4. The molecule has 4 N–H and O–H groups in total. The third-order valence-corrected chi connectivity index (χ3v) is 4.82. The lowest BCUT2D eigenvalue weighted by Crippen LogP contribution is -2.15. The van der Waals surface area contributed by atoms with Gasteiger partial charge in [-0.3, -0.25) is 0 Å². The first-order valence-electron chi connectivity index (χ1n) is 8.42. The molecule has 0 amide bonds. The zero-order valence-corrected chi connectivity index (χ0v) is 16.1. The van der Waals surface area contributed by atoms with Gasteiger partial charge in [0.15, 0.2) is 21.4 Å². The molecule has 0 fully saturated rings. The van der Waals surface area contributed by atoms with Gasteiger partial charge in [-0.25, -0.2) is 8.42 Å². The molecule has 0 aliphatic rings. The summed E-state index contributed by atoms with van der Waals surface area (Å²) in [6.07, 6.45) is 2.97. The standard InChI is InChI=1S/C18H23N5O3S/c1-3-4-10-21-15-11-13(18(19)22-23-20)12-16(27(2,24)25)17(15)26-14-8-6-5-7-9-14/h5-9,11-12,21H,3-4,10H2,1-2H3,(H3,19,20,22). The molecular weight excluding hydrogens is 366 g/mol. The van der Waals surface area contributed by atoms with Crippen LogP contribution in [0, 0.1) is 5.53 Å². The summed E-state index contributed by atoms with van der Waals surface area (Å²) in [5.41, 5.74) is 13.5. The van der Waals surface area contributed by atoms with Crippen LogP contribution in [0.3, 0.4) is 0 Å². The van der Waals surface area contributed by atoms with Gasteiger partial charge in [-0.05, 0) is 30.7 Å². The van der Waals surface area contributed by atoms with Crippen molar-refractivity contribution in [2.75, 3.05) is 18.1 Å². The number of nitrogens with one attached hydrogen (secondary N) is 2. The molecule has 0 atom stereocenters. The fourth-order valence-electron chi connectivity index (χ4n) is 2.38. The minimum absolute atomic E-state index is 0.0222. The van der Waals surface area contributed by atoms with Gasteiger partial charge in [-0.15, -0.1) is 5.10 Å². The van der Waals surface area contributed by atoms with Crippen LogP contribution >= 0.6 is 0 Å². The largest absolute Gasteiger partial charge is 0.454 e. The molecule has 2 aromatic carbocycles. The lowest BCUT2D eigenvalue weighted by Gasteiger charge is -2.18. The van der Waals surface area contributed by atoms with E-state index in [1.807, 2.05) is 6.07 Å². The van der Waals surface area contributed by atoms with Gasteiger partial charge in [0, 0.05) is 18.4 Å². The molecule has 8 nitrogen and oxygen atoms in total. The third-order valence-electron chi connectivity index (χ3n) is 3.72. The van der Waals surface area contributed by atoms with E-state index in [2.05, 4.69) is 22.6 Å². The van der Waals surface area contributed by atoms with Crippen LogP contribution in [0.1, 0.15) is 25.3 Å². The van der Waals surface area contributed by atoms with Crippen molar-refractivity contribution in [3.8, 4) is 11.5 Å². The summed E-state index contributed by atoms with van der Waals surface area (Å²) in [6, 6.07) is 11.9. The van der Waals surface area contributed by atoms with Gasteiger partial charge in [-0.1, -0.05) is 36.8 Å². The van der Waals surface area contributed by atoms with Crippen LogP contribution in [0.25, 0.3) is 0 Å². The number of benzene rings is 2. The number of hydrogen-bond acceptors (Lipinski definition) is 6. The number of sulfone groups is 1. The Labute approximate surface area is 158 Å². The second kappa shape index (κ2) is 9.13. The van der Waals surface area contributed by atoms with E-state index in [0.29, 0.717) is 23.5 Å². The third kappa shape index (κ3) is 5.52. The molecule has 0 aromatic heterocycles. The molecule has 0 aliphatic heterocycles. The van der Waals surface area contributed by atoms with Gasteiger partial charge in [0.25, 0.3) is 0 Å². The minimum Gasteiger partial charge on any atom is -0.454 e. The number of amidine groups is 1. The fourth-order valence-corrected chi connectivity index (χ4v) is 3.21. The van der Waals surface area contributed by atoms with E-state index in [9.17, 15) is 8.42 Å². The molecule has 144 valence electrons. The number of hydrogen-bond donors (Lipinski definition) is 3. The van der Waals surface area contributed by atoms with Gasteiger partial charge in [-0.2, -0.15) is 5.53 Å². The summed E-state index contributed by atoms with van der Waals surface area (Å²) >= 11 is 0. The normalized spacial score (nSPS) is 11.9. The molecule has 0 saturated heterocycles. The quantitative estimate of drug-likeness (QED) is 0.198. The molecule has 0 unspecified atom stereocenters. The van der Waals surface area contributed by atoms with Crippen LogP contribution in [-0.4, -0.2) is 27.1 Å². The molecule has 0 heterocycles. The second-order valence-corrected chi connectivity index (χ2v) is 7.89. The average Bonchev–Trinajstić information content (AvgIpc) is 2.63. The van der Waals surface area contributed by atoms with Crippen molar-refractivity contribution in [2.24, 2.45) is 16.1 Å². The van der Waals surface area contributed by atoms with Gasteiger partial charge >= 0.3 is 0 Å². The molecule has 0 radical (unpaired) electrons. The van der Waals surface area contributed by atoms with Crippen LogP contribution in [0.5, 0.6) is 11.5 Å². The number of unbranched alkanes of at least 4 members (excludes halogenated alkanes) is 1. The molecule has 27 heavy (non-hydrogen) atoms. The Balaban J connectivity index is 2.64. The Hall–Kier alpha value is -2.94. The maximum Gasteiger partial charge on any atom is 0.179 e. The number of para-hydroxylation sites is 1. The summed E-state index contributed by atoms with van der Waals surface area (Å²) in [7, 11) is -3.63. The molecule has 0 aliphatic carbocycles. The van der Waals surface area contributed by atoms with E-state index in [4.69, 9.17) is 16.0 Å². The van der Waals surface area contributed by atoms with Crippen molar-refractivity contribution in [1.29, 1.82) is 5.53 Å². The van der Waals surface area contributed by atoms with E-state index in [0.717, 1.165) is 19.1 Å². The molecular formula is C18H23N5O3S. The summed E-state index contributed by atoms with van der Waals surface area (Å²) in [5.74, 6) is 0.648. The monoisotopic (exact) mass is 389 g/mol. The average molecular weight is 389 g/mol.